The molecule has 0 bridgehead atoms. The van der Waals surface area contributed by atoms with Crippen molar-refractivity contribution >= 4 is 5.97 Å². The van der Waals surface area contributed by atoms with E-state index in [9.17, 15) is 4.79 Å². The summed E-state index contributed by atoms with van der Waals surface area (Å²) in [6, 6.07) is 3.99. The summed E-state index contributed by atoms with van der Waals surface area (Å²) in [5.74, 6) is 0.849. The summed E-state index contributed by atoms with van der Waals surface area (Å²) in [5, 5.41) is 3.44. The minimum Gasteiger partial charge on any atom is -0.462 e. The molecule has 25 heavy (non-hydrogen) atoms. The van der Waals surface area contributed by atoms with Crippen LogP contribution in [0.1, 0.15) is 44.6 Å². The molecule has 5 atom stereocenters. The number of aromatic nitrogens is 1. The Morgan fingerprint density at radius 3 is 3.16 bits per heavy atom. The molecule has 2 saturated carbocycles. The average molecular weight is 340 g/mol. The molecule has 3 aliphatic rings. The zero-order chi connectivity index (χ0) is 17.4. The van der Waals surface area contributed by atoms with Gasteiger partial charge in [0.15, 0.2) is 0 Å². The molecule has 0 radical (unpaired) electrons. The number of esters is 1. The second-order valence-corrected chi connectivity index (χ2v) is 8.40. The molecule has 1 aromatic heterocycles. The van der Waals surface area contributed by atoms with Crippen LogP contribution in [0.5, 0.6) is 0 Å². The van der Waals surface area contributed by atoms with Crippen LogP contribution < -0.4 is 5.32 Å². The highest BCUT2D eigenvalue weighted by molar-refractivity contribution is 5.75. The van der Waals surface area contributed by atoms with Gasteiger partial charge in [0.25, 0.3) is 0 Å². The Bertz CT molecular complexity index is 659. The van der Waals surface area contributed by atoms with Crippen molar-refractivity contribution in [3.8, 4) is 0 Å². The van der Waals surface area contributed by atoms with Crippen molar-refractivity contribution in [3.05, 3.63) is 42.2 Å². The van der Waals surface area contributed by atoms with Crippen LogP contribution in [0.4, 0.5) is 0 Å². The topological polar surface area (TPSA) is 51.2 Å². The lowest BCUT2D eigenvalue weighted by molar-refractivity contribution is -0.146. The maximum atomic E-state index is 12.5. The lowest BCUT2D eigenvalue weighted by Crippen LogP contribution is -2.45. The Labute approximate surface area is 150 Å². The minimum absolute atomic E-state index is 0.0125. The zero-order valence-electron chi connectivity index (χ0n) is 15.0. The van der Waals surface area contributed by atoms with Gasteiger partial charge in [-0.1, -0.05) is 25.1 Å². The molecular formula is C21H28N2O2. The van der Waals surface area contributed by atoms with Gasteiger partial charge < -0.3 is 10.1 Å². The van der Waals surface area contributed by atoms with E-state index < -0.39 is 0 Å². The van der Waals surface area contributed by atoms with Crippen molar-refractivity contribution in [1.29, 1.82) is 0 Å². The first-order valence-corrected chi connectivity index (χ1v) is 9.54. The third kappa shape index (κ3) is 3.12. The molecule has 2 aliphatic carbocycles. The number of hydrogen-bond acceptors (Lipinski definition) is 4. The van der Waals surface area contributed by atoms with Gasteiger partial charge in [0, 0.05) is 31.4 Å². The van der Waals surface area contributed by atoms with E-state index in [1.807, 2.05) is 18.3 Å². The highest BCUT2D eigenvalue weighted by Gasteiger charge is 2.54. The first kappa shape index (κ1) is 16.8. The van der Waals surface area contributed by atoms with Crippen molar-refractivity contribution in [2.75, 3.05) is 6.54 Å². The smallest absolute Gasteiger partial charge is 0.310 e. The molecule has 0 spiro atoms. The quantitative estimate of drug-likeness (QED) is 0.673. The van der Waals surface area contributed by atoms with Crippen LogP contribution in [0, 0.1) is 23.2 Å². The van der Waals surface area contributed by atoms with Crippen LogP contribution >= 0.6 is 0 Å². The highest BCUT2D eigenvalue weighted by atomic mass is 16.6. The summed E-state index contributed by atoms with van der Waals surface area (Å²) in [7, 11) is 0. The van der Waals surface area contributed by atoms with E-state index in [4.69, 9.17) is 4.74 Å². The number of ether oxygens (including phenoxy) is 1. The molecular weight excluding hydrogens is 312 g/mol. The van der Waals surface area contributed by atoms with E-state index in [1.54, 1.807) is 6.20 Å². The normalized spacial score (nSPS) is 37.3. The largest absolute Gasteiger partial charge is 0.462 e. The molecule has 0 aromatic carbocycles. The first-order valence-electron chi connectivity index (χ1n) is 9.54. The summed E-state index contributed by atoms with van der Waals surface area (Å²) in [5.41, 5.74) is 2.81. The molecule has 4 nitrogen and oxygen atoms in total. The Morgan fingerprint density at radius 2 is 2.36 bits per heavy atom. The molecule has 0 amide bonds. The van der Waals surface area contributed by atoms with E-state index in [0.29, 0.717) is 18.4 Å². The fourth-order valence-electron chi connectivity index (χ4n) is 5.36. The number of nitrogens with zero attached hydrogens (tertiary/aromatic N) is 1. The monoisotopic (exact) mass is 340 g/mol. The fraction of sp³-hybridized carbons (Fsp3) is 0.619. The maximum absolute atomic E-state index is 12.5. The summed E-state index contributed by atoms with van der Waals surface area (Å²) < 4.78 is 5.81. The van der Waals surface area contributed by atoms with Gasteiger partial charge in [-0.3, -0.25) is 9.78 Å². The summed E-state index contributed by atoms with van der Waals surface area (Å²) in [4.78, 5) is 16.6. The van der Waals surface area contributed by atoms with Crippen molar-refractivity contribution < 1.29 is 9.53 Å². The van der Waals surface area contributed by atoms with Gasteiger partial charge in [-0.05, 0) is 55.1 Å². The second kappa shape index (κ2) is 6.56. The number of pyridine rings is 1. The predicted molar refractivity (Wildman–Crippen MR) is 96.6 cm³/mol. The number of carbonyl (C=O) groups excluding carboxylic acids is 1. The molecule has 0 unspecified atom stereocenters. The predicted octanol–water partition coefficient (Wildman–Crippen LogP) is 3.49. The Morgan fingerprint density at radius 1 is 1.48 bits per heavy atom. The number of hydrogen-bond donors (Lipinski definition) is 1. The molecule has 4 rings (SSSR count). The maximum Gasteiger partial charge on any atom is 0.310 e. The molecule has 2 heterocycles. The Hall–Kier alpha value is -1.68. The van der Waals surface area contributed by atoms with E-state index in [2.05, 4.69) is 23.8 Å². The standard InChI is InChI=1S/C21H28N2O2/c1-14-5-3-7-21(2)10-19-16(9-18(14)21)17(20(24)25-19)13-23-12-15-6-4-8-22-11-15/h4,6,8,11,16-19,23H,1,3,5,7,9-10,12-13H2,2H3/t16-,17+,18+,19+,21+/m0/s1. The van der Waals surface area contributed by atoms with Crippen molar-refractivity contribution in [3.63, 3.8) is 0 Å². The number of carbonyl (C=O) groups is 1. The number of rotatable bonds is 4. The van der Waals surface area contributed by atoms with Crippen LogP contribution in [0.15, 0.2) is 36.7 Å². The molecule has 1 aliphatic heterocycles. The van der Waals surface area contributed by atoms with Gasteiger partial charge in [-0.15, -0.1) is 0 Å². The lowest BCUT2D eigenvalue weighted by Gasteiger charge is -2.50. The average Bonchev–Trinajstić information content (AvgIpc) is 2.88. The molecule has 4 heteroatoms. The van der Waals surface area contributed by atoms with Gasteiger partial charge in [0.05, 0.1) is 5.92 Å². The molecule has 1 aromatic rings. The first-order chi connectivity index (χ1) is 12.1. The van der Waals surface area contributed by atoms with Gasteiger partial charge in [0.1, 0.15) is 6.10 Å². The van der Waals surface area contributed by atoms with Crippen molar-refractivity contribution in [1.82, 2.24) is 10.3 Å². The molecule has 1 saturated heterocycles. The van der Waals surface area contributed by atoms with Crippen LogP contribution in [0.3, 0.4) is 0 Å². The summed E-state index contributed by atoms with van der Waals surface area (Å²) >= 11 is 0. The van der Waals surface area contributed by atoms with E-state index >= 15 is 0 Å². The van der Waals surface area contributed by atoms with Gasteiger partial charge in [0.2, 0.25) is 0 Å². The van der Waals surface area contributed by atoms with E-state index in [-0.39, 0.29) is 23.4 Å². The van der Waals surface area contributed by atoms with Crippen LogP contribution in [-0.2, 0) is 16.1 Å². The van der Waals surface area contributed by atoms with E-state index in [0.717, 1.165) is 31.4 Å². The van der Waals surface area contributed by atoms with Gasteiger partial charge in [-0.2, -0.15) is 0 Å². The second-order valence-electron chi connectivity index (χ2n) is 8.40. The van der Waals surface area contributed by atoms with Crippen LogP contribution in [0.2, 0.25) is 0 Å². The third-order valence-electron chi connectivity index (χ3n) is 6.74. The summed E-state index contributed by atoms with van der Waals surface area (Å²) in [6.45, 7) is 8.15. The Balaban J connectivity index is 1.42. The van der Waals surface area contributed by atoms with Crippen LogP contribution in [0.25, 0.3) is 0 Å². The van der Waals surface area contributed by atoms with Crippen molar-refractivity contribution in [2.45, 2.75) is 51.7 Å². The SMILES string of the molecule is C=C1CCC[C@]2(C)C[C@H]3OC(=O)[C@H](CNCc4cccnc4)[C@@H]3C[C@H]12. The number of fused-ring (bicyclic) bond motifs is 2. The Kier molecular flexibility index (Phi) is 4.40. The highest BCUT2D eigenvalue weighted by Crippen LogP contribution is 2.56. The third-order valence-corrected chi connectivity index (χ3v) is 6.74. The molecule has 1 N–H and O–H groups in total. The van der Waals surface area contributed by atoms with E-state index in [1.165, 1.54) is 18.4 Å². The van der Waals surface area contributed by atoms with Gasteiger partial charge >= 0.3 is 5.97 Å². The number of allylic oxidation sites excluding steroid dienone is 1. The number of nitrogens with one attached hydrogen (secondary N) is 1. The molecule has 3 fully saturated rings. The minimum atomic E-state index is -0.0269. The lowest BCUT2D eigenvalue weighted by atomic mass is 9.55. The molecule has 134 valence electrons. The van der Waals surface area contributed by atoms with Crippen LogP contribution in [-0.4, -0.2) is 23.6 Å². The van der Waals surface area contributed by atoms with Gasteiger partial charge in [-0.25, -0.2) is 0 Å². The fourth-order valence-corrected chi connectivity index (χ4v) is 5.36. The zero-order valence-corrected chi connectivity index (χ0v) is 15.0. The summed E-state index contributed by atoms with van der Waals surface area (Å²) in [6.07, 6.45) is 9.42. The van der Waals surface area contributed by atoms with Crippen molar-refractivity contribution in [2.24, 2.45) is 23.2 Å².